The van der Waals surface area contributed by atoms with Gasteiger partial charge in [0.25, 0.3) is 0 Å². The predicted molar refractivity (Wildman–Crippen MR) is 70.3 cm³/mol. The zero-order chi connectivity index (χ0) is 14.5. The summed E-state index contributed by atoms with van der Waals surface area (Å²) in [5, 5.41) is 12.6. The molecule has 0 aliphatic carbocycles. The van der Waals surface area contributed by atoms with E-state index in [0.29, 0.717) is 30.6 Å². The molecule has 20 heavy (non-hydrogen) atoms. The van der Waals surface area contributed by atoms with E-state index in [0.717, 1.165) is 6.42 Å². The largest absolute Gasteiger partial charge is 0.465 e. The number of carbonyl (C=O) groups is 1. The molecule has 0 aliphatic heterocycles. The van der Waals surface area contributed by atoms with Crippen LogP contribution < -0.4 is 5.69 Å². The SMILES string of the molecule is COC(=O)c1ccc2nn(CCCCC#N)c(=O)n2c1. The van der Waals surface area contributed by atoms with Crippen molar-refractivity contribution in [2.75, 3.05) is 7.11 Å². The van der Waals surface area contributed by atoms with Gasteiger partial charge in [0, 0.05) is 19.2 Å². The topological polar surface area (TPSA) is 89.4 Å². The molecule has 7 heteroatoms. The standard InChI is InChI=1S/C13H14N4O3/c1-20-12(18)10-5-6-11-15-17(8-4-2-3-7-14)13(19)16(11)9-10/h5-6,9H,2-4,8H2,1H3. The van der Waals surface area contributed by atoms with Crippen molar-refractivity contribution in [1.29, 1.82) is 5.26 Å². The van der Waals surface area contributed by atoms with Crippen LogP contribution in [0.5, 0.6) is 0 Å². The Bertz CT molecular complexity index is 723. The van der Waals surface area contributed by atoms with Crippen LogP contribution in [0.3, 0.4) is 0 Å². The van der Waals surface area contributed by atoms with Gasteiger partial charge in [0.2, 0.25) is 0 Å². The highest BCUT2D eigenvalue weighted by atomic mass is 16.5. The molecule has 2 heterocycles. The maximum absolute atomic E-state index is 12.1. The van der Waals surface area contributed by atoms with Crippen LogP contribution in [0.25, 0.3) is 5.65 Å². The second-order valence-electron chi connectivity index (χ2n) is 4.26. The lowest BCUT2D eigenvalue weighted by Gasteiger charge is -1.98. The van der Waals surface area contributed by atoms with Gasteiger partial charge < -0.3 is 4.74 Å². The number of ether oxygens (including phenoxy) is 1. The molecule has 0 fully saturated rings. The molecule has 0 aromatic carbocycles. The third kappa shape index (κ3) is 2.69. The minimum absolute atomic E-state index is 0.297. The van der Waals surface area contributed by atoms with Gasteiger partial charge in [-0.3, -0.25) is 0 Å². The molecule has 0 radical (unpaired) electrons. The van der Waals surface area contributed by atoms with Gasteiger partial charge in [0.1, 0.15) is 0 Å². The first kappa shape index (κ1) is 13.8. The molecule has 0 atom stereocenters. The van der Waals surface area contributed by atoms with E-state index in [1.165, 1.54) is 22.4 Å². The van der Waals surface area contributed by atoms with E-state index in [1.54, 1.807) is 12.1 Å². The first-order valence-corrected chi connectivity index (χ1v) is 6.22. The molecular weight excluding hydrogens is 260 g/mol. The number of rotatable bonds is 5. The number of nitriles is 1. The van der Waals surface area contributed by atoms with Crippen molar-refractivity contribution >= 4 is 11.6 Å². The first-order valence-electron chi connectivity index (χ1n) is 6.22. The number of nitrogens with zero attached hydrogens (tertiary/aromatic N) is 4. The second-order valence-corrected chi connectivity index (χ2v) is 4.26. The molecule has 0 bridgehead atoms. The number of pyridine rings is 1. The number of fused-ring (bicyclic) bond motifs is 1. The number of methoxy groups -OCH3 is 1. The van der Waals surface area contributed by atoms with E-state index in [4.69, 9.17) is 5.26 Å². The van der Waals surface area contributed by atoms with Crippen molar-refractivity contribution in [3.05, 3.63) is 34.4 Å². The van der Waals surface area contributed by atoms with Crippen LogP contribution in [0.1, 0.15) is 29.6 Å². The Labute approximate surface area is 115 Å². The number of hydrogen-bond donors (Lipinski definition) is 0. The van der Waals surface area contributed by atoms with Crippen LogP contribution in [0.4, 0.5) is 0 Å². The minimum atomic E-state index is -0.499. The van der Waals surface area contributed by atoms with E-state index < -0.39 is 5.97 Å². The first-order chi connectivity index (χ1) is 9.67. The fraction of sp³-hybridized carbons (Fsp3) is 0.385. The summed E-state index contributed by atoms with van der Waals surface area (Å²) in [6.45, 7) is 0.454. The van der Waals surface area contributed by atoms with Crippen molar-refractivity contribution in [3.63, 3.8) is 0 Å². The maximum atomic E-state index is 12.1. The molecule has 0 unspecified atom stereocenters. The van der Waals surface area contributed by atoms with Gasteiger partial charge in [-0.15, -0.1) is 5.10 Å². The molecular formula is C13H14N4O3. The molecule has 2 aromatic heterocycles. The summed E-state index contributed by atoms with van der Waals surface area (Å²) in [5.74, 6) is -0.499. The Kier molecular flexibility index (Phi) is 4.15. The highest BCUT2D eigenvalue weighted by Crippen LogP contribution is 2.04. The summed E-state index contributed by atoms with van der Waals surface area (Å²) in [6, 6.07) is 5.22. The summed E-state index contributed by atoms with van der Waals surface area (Å²) in [6.07, 6.45) is 3.32. The third-order valence-corrected chi connectivity index (χ3v) is 2.91. The number of unbranched alkanes of at least 4 members (excludes halogenated alkanes) is 2. The average Bonchev–Trinajstić information content (AvgIpc) is 2.79. The lowest BCUT2D eigenvalue weighted by molar-refractivity contribution is 0.0600. The van der Waals surface area contributed by atoms with Gasteiger partial charge in [-0.25, -0.2) is 18.7 Å². The van der Waals surface area contributed by atoms with Gasteiger partial charge >= 0.3 is 11.7 Å². The van der Waals surface area contributed by atoms with Crippen LogP contribution in [0, 0.1) is 11.3 Å². The van der Waals surface area contributed by atoms with Crippen molar-refractivity contribution in [2.45, 2.75) is 25.8 Å². The molecule has 0 saturated carbocycles. The quantitative estimate of drug-likeness (QED) is 0.598. The number of aryl methyl sites for hydroxylation is 1. The van der Waals surface area contributed by atoms with E-state index in [2.05, 4.69) is 15.9 Å². The van der Waals surface area contributed by atoms with Crippen molar-refractivity contribution < 1.29 is 9.53 Å². The zero-order valence-electron chi connectivity index (χ0n) is 11.1. The Morgan fingerprint density at radius 2 is 2.25 bits per heavy atom. The Morgan fingerprint density at radius 3 is 2.95 bits per heavy atom. The summed E-state index contributed by atoms with van der Waals surface area (Å²) in [5.41, 5.74) is 0.469. The third-order valence-electron chi connectivity index (χ3n) is 2.91. The lowest BCUT2D eigenvalue weighted by Crippen LogP contribution is -2.21. The molecule has 0 amide bonds. The predicted octanol–water partition coefficient (Wildman–Crippen LogP) is 0.976. The minimum Gasteiger partial charge on any atom is -0.465 e. The molecule has 0 spiro atoms. The fourth-order valence-electron chi connectivity index (χ4n) is 1.87. The molecule has 0 saturated heterocycles. The number of aromatic nitrogens is 3. The Morgan fingerprint density at radius 1 is 1.45 bits per heavy atom. The maximum Gasteiger partial charge on any atom is 0.350 e. The van der Waals surface area contributed by atoms with Crippen molar-refractivity contribution in [2.24, 2.45) is 0 Å². The van der Waals surface area contributed by atoms with Crippen molar-refractivity contribution in [1.82, 2.24) is 14.2 Å². The van der Waals surface area contributed by atoms with Crippen LogP contribution in [0.15, 0.2) is 23.1 Å². The van der Waals surface area contributed by atoms with E-state index in [9.17, 15) is 9.59 Å². The summed E-state index contributed by atoms with van der Waals surface area (Å²) in [7, 11) is 1.29. The Balaban J connectivity index is 2.27. The Hall–Kier alpha value is -2.62. The summed E-state index contributed by atoms with van der Waals surface area (Å²) < 4.78 is 7.27. The zero-order valence-corrected chi connectivity index (χ0v) is 11.1. The van der Waals surface area contributed by atoms with Crippen LogP contribution in [0.2, 0.25) is 0 Å². The van der Waals surface area contributed by atoms with Crippen LogP contribution in [-0.4, -0.2) is 27.3 Å². The molecule has 7 nitrogen and oxygen atoms in total. The van der Waals surface area contributed by atoms with Crippen molar-refractivity contribution in [3.8, 4) is 6.07 Å². The molecule has 0 aliphatic rings. The van der Waals surface area contributed by atoms with E-state index in [1.807, 2.05) is 0 Å². The van der Waals surface area contributed by atoms with E-state index >= 15 is 0 Å². The van der Waals surface area contributed by atoms with Crippen LogP contribution >= 0.6 is 0 Å². The summed E-state index contributed by atoms with van der Waals surface area (Å²) >= 11 is 0. The highest BCUT2D eigenvalue weighted by molar-refractivity contribution is 5.89. The number of hydrogen-bond acceptors (Lipinski definition) is 5. The van der Waals surface area contributed by atoms with Gasteiger partial charge in [0.15, 0.2) is 5.65 Å². The summed E-state index contributed by atoms with van der Waals surface area (Å²) in [4.78, 5) is 23.5. The molecule has 2 rings (SSSR count). The van der Waals surface area contributed by atoms with Gasteiger partial charge in [0.05, 0.1) is 18.7 Å². The van der Waals surface area contributed by atoms with Gasteiger partial charge in [-0.1, -0.05) is 0 Å². The van der Waals surface area contributed by atoms with Gasteiger partial charge in [-0.2, -0.15) is 5.26 Å². The number of carbonyl (C=O) groups excluding carboxylic acids is 1. The average molecular weight is 274 g/mol. The normalized spacial score (nSPS) is 10.4. The smallest absolute Gasteiger partial charge is 0.350 e. The molecule has 104 valence electrons. The van der Waals surface area contributed by atoms with E-state index in [-0.39, 0.29) is 5.69 Å². The highest BCUT2D eigenvalue weighted by Gasteiger charge is 2.10. The fourth-order valence-corrected chi connectivity index (χ4v) is 1.87. The molecule has 0 N–H and O–H groups in total. The van der Waals surface area contributed by atoms with Gasteiger partial charge in [-0.05, 0) is 25.0 Å². The van der Waals surface area contributed by atoms with Crippen LogP contribution in [-0.2, 0) is 11.3 Å². The monoisotopic (exact) mass is 274 g/mol. The lowest BCUT2D eigenvalue weighted by atomic mass is 10.2. The molecule has 2 aromatic rings. The second kappa shape index (κ2) is 6.02. The number of esters is 1.